The van der Waals surface area contributed by atoms with Gasteiger partial charge in [0, 0.05) is 13.1 Å². The van der Waals surface area contributed by atoms with E-state index in [2.05, 4.69) is 22.8 Å². The summed E-state index contributed by atoms with van der Waals surface area (Å²) >= 11 is 0. The molecule has 0 aromatic carbocycles. The molecule has 2 aliphatic rings. The van der Waals surface area contributed by atoms with Crippen molar-refractivity contribution in [2.45, 2.75) is 12.5 Å². The number of nitrogens with zero attached hydrogens (tertiary/aromatic N) is 1. The van der Waals surface area contributed by atoms with Crippen LogP contribution in [0.1, 0.15) is 6.42 Å². The van der Waals surface area contributed by atoms with Crippen LogP contribution in [0.4, 0.5) is 0 Å². The summed E-state index contributed by atoms with van der Waals surface area (Å²) < 4.78 is 0. The molecule has 0 aromatic rings. The minimum absolute atomic E-state index is 0.513. The summed E-state index contributed by atoms with van der Waals surface area (Å²) in [5.41, 5.74) is 1.51. The van der Waals surface area contributed by atoms with Crippen molar-refractivity contribution < 1.29 is 0 Å². The van der Waals surface area contributed by atoms with Gasteiger partial charge in [-0.05, 0) is 18.2 Å². The number of fused-ring (bicyclic) bond motifs is 1. The predicted octanol–water partition coefficient (Wildman–Crippen LogP) is 0.406. The van der Waals surface area contributed by atoms with Gasteiger partial charge in [0.25, 0.3) is 0 Å². The van der Waals surface area contributed by atoms with Gasteiger partial charge < -0.3 is 5.32 Å². The standard InChI is InChI=1S/C8H11N2/c1-2-7-3-5-9-6-8(7)10-4-1/h1,3-4,8,10H,2,5-6H2. The van der Waals surface area contributed by atoms with Crippen LogP contribution >= 0.6 is 0 Å². The summed E-state index contributed by atoms with van der Waals surface area (Å²) in [6.45, 7) is 1.87. The summed E-state index contributed by atoms with van der Waals surface area (Å²) in [6, 6.07) is 0.513. The molecule has 0 bridgehead atoms. The molecule has 2 heterocycles. The first-order valence-corrected chi connectivity index (χ1v) is 3.70. The molecule has 0 saturated heterocycles. The van der Waals surface area contributed by atoms with Gasteiger partial charge in [-0.25, -0.2) is 5.32 Å². The van der Waals surface area contributed by atoms with Crippen molar-refractivity contribution in [1.29, 1.82) is 0 Å². The Labute approximate surface area is 61.0 Å². The van der Waals surface area contributed by atoms with Crippen molar-refractivity contribution in [2.24, 2.45) is 0 Å². The summed E-state index contributed by atoms with van der Waals surface area (Å²) in [6.07, 6.45) is 7.54. The maximum absolute atomic E-state index is 4.29. The van der Waals surface area contributed by atoms with Gasteiger partial charge in [0.15, 0.2) is 0 Å². The van der Waals surface area contributed by atoms with Crippen LogP contribution in [0.25, 0.3) is 0 Å². The Morgan fingerprint density at radius 3 is 3.50 bits per heavy atom. The SMILES string of the molecule is C1=CNC2C[N]CC=C2C1. The van der Waals surface area contributed by atoms with Crippen LogP contribution in [0.3, 0.4) is 0 Å². The lowest BCUT2D eigenvalue weighted by molar-refractivity contribution is 0.544. The van der Waals surface area contributed by atoms with E-state index in [1.165, 1.54) is 5.57 Å². The zero-order valence-electron chi connectivity index (χ0n) is 5.88. The van der Waals surface area contributed by atoms with Gasteiger partial charge in [-0.15, -0.1) is 0 Å². The fourth-order valence-electron chi connectivity index (χ4n) is 1.41. The van der Waals surface area contributed by atoms with Gasteiger partial charge in [0.1, 0.15) is 0 Å². The van der Waals surface area contributed by atoms with Crippen molar-refractivity contribution in [1.82, 2.24) is 10.6 Å². The number of nitrogens with one attached hydrogen (secondary N) is 1. The second kappa shape index (κ2) is 2.46. The molecule has 53 valence electrons. The third kappa shape index (κ3) is 0.948. The Balaban J connectivity index is 2.17. The van der Waals surface area contributed by atoms with E-state index in [9.17, 15) is 0 Å². The van der Waals surface area contributed by atoms with Gasteiger partial charge in [0.2, 0.25) is 0 Å². The molecular formula is C8H11N2. The summed E-state index contributed by atoms with van der Waals surface area (Å²) in [5.74, 6) is 0. The van der Waals surface area contributed by atoms with Crippen LogP contribution in [0, 0.1) is 0 Å². The van der Waals surface area contributed by atoms with Gasteiger partial charge in [0.05, 0.1) is 6.04 Å². The molecule has 0 fully saturated rings. The van der Waals surface area contributed by atoms with Gasteiger partial charge >= 0.3 is 0 Å². The van der Waals surface area contributed by atoms with E-state index in [4.69, 9.17) is 0 Å². The zero-order valence-corrected chi connectivity index (χ0v) is 5.88. The van der Waals surface area contributed by atoms with E-state index < -0.39 is 0 Å². The minimum atomic E-state index is 0.513. The molecule has 0 aromatic heterocycles. The van der Waals surface area contributed by atoms with Gasteiger partial charge in [-0.1, -0.05) is 12.2 Å². The van der Waals surface area contributed by atoms with E-state index in [-0.39, 0.29) is 0 Å². The monoisotopic (exact) mass is 135 g/mol. The smallest absolute Gasteiger partial charge is 0.0613 e. The van der Waals surface area contributed by atoms with Crippen LogP contribution in [0.15, 0.2) is 23.9 Å². The van der Waals surface area contributed by atoms with Gasteiger partial charge in [-0.2, -0.15) is 0 Å². The van der Waals surface area contributed by atoms with Crippen LogP contribution in [-0.2, 0) is 0 Å². The van der Waals surface area contributed by atoms with Crippen LogP contribution in [0.2, 0.25) is 0 Å². The lowest BCUT2D eigenvalue weighted by Gasteiger charge is -2.26. The molecule has 0 saturated carbocycles. The first-order valence-electron chi connectivity index (χ1n) is 3.70. The first kappa shape index (κ1) is 5.98. The highest BCUT2D eigenvalue weighted by Crippen LogP contribution is 2.14. The molecular weight excluding hydrogens is 124 g/mol. The average Bonchev–Trinajstić information content (AvgIpc) is 2.05. The van der Waals surface area contributed by atoms with Crippen molar-refractivity contribution in [3.05, 3.63) is 23.9 Å². The molecule has 2 aliphatic heterocycles. The van der Waals surface area contributed by atoms with Crippen molar-refractivity contribution in [3.63, 3.8) is 0 Å². The van der Waals surface area contributed by atoms with Crippen LogP contribution < -0.4 is 10.6 Å². The number of allylic oxidation sites excluding steroid dienone is 1. The number of hydrogen-bond donors (Lipinski definition) is 1. The highest BCUT2D eigenvalue weighted by molar-refractivity contribution is 5.22. The Bertz CT molecular complexity index is 182. The van der Waals surface area contributed by atoms with Crippen LogP contribution in [-0.4, -0.2) is 19.1 Å². The minimum Gasteiger partial charge on any atom is -0.383 e. The third-order valence-electron chi connectivity index (χ3n) is 2.01. The quantitative estimate of drug-likeness (QED) is 0.478. The highest BCUT2D eigenvalue weighted by atomic mass is 15.0. The van der Waals surface area contributed by atoms with E-state index in [1.807, 2.05) is 6.20 Å². The van der Waals surface area contributed by atoms with E-state index >= 15 is 0 Å². The maximum atomic E-state index is 4.29. The van der Waals surface area contributed by atoms with Crippen molar-refractivity contribution in [3.8, 4) is 0 Å². The zero-order chi connectivity index (χ0) is 6.81. The Morgan fingerprint density at radius 1 is 1.60 bits per heavy atom. The molecule has 1 N–H and O–H groups in total. The van der Waals surface area contributed by atoms with E-state index in [1.54, 1.807) is 0 Å². The summed E-state index contributed by atoms with van der Waals surface area (Å²) in [5, 5.41) is 7.57. The first-order chi connectivity index (χ1) is 4.97. The molecule has 2 rings (SSSR count). The average molecular weight is 135 g/mol. The largest absolute Gasteiger partial charge is 0.383 e. The van der Waals surface area contributed by atoms with Crippen LogP contribution in [0.5, 0.6) is 0 Å². The molecule has 1 unspecified atom stereocenters. The summed E-state index contributed by atoms with van der Waals surface area (Å²) in [7, 11) is 0. The number of hydrogen-bond acceptors (Lipinski definition) is 1. The van der Waals surface area contributed by atoms with E-state index in [0.29, 0.717) is 6.04 Å². The fraction of sp³-hybridized carbons (Fsp3) is 0.500. The fourth-order valence-corrected chi connectivity index (χ4v) is 1.41. The Morgan fingerprint density at radius 2 is 2.60 bits per heavy atom. The third-order valence-corrected chi connectivity index (χ3v) is 2.01. The summed E-state index contributed by atoms with van der Waals surface area (Å²) in [4.78, 5) is 0. The van der Waals surface area contributed by atoms with Crippen molar-refractivity contribution >= 4 is 0 Å². The molecule has 1 radical (unpaired) electrons. The lowest BCUT2D eigenvalue weighted by atomic mass is 9.98. The van der Waals surface area contributed by atoms with Crippen molar-refractivity contribution in [2.75, 3.05) is 13.1 Å². The highest BCUT2D eigenvalue weighted by Gasteiger charge is 2.17. The maximum Gasteiger partial charge on any atom is 0.0613 e. The second-order valence-corrected chi connectivity index (χ2v) is 2.69. The topological polar surface area (TPSA) is 26.1 Å². The second-order valence-electron chi connectivity index (χ2n) is 2.69. The lowest BCUT2D eigenvalue weighted by Crippen LogP contribution is -2.39. The van der Waals surface area contributed by atoms with E-state index in [0.717, 1.165) is 19.5 Å². The molecule has 1 atom stereocenters. The molecule has 0 aliphatic carbocycles. The Kier molecular flexibility index (Phi) is 1.47. The molecule has 0 amide bonds. The molecule has 2 nitrogen and oxygen atoms in total. The predicted molar refractivity (Wildman–Crippen MR) is 40.6 cm³/mol. The number of rotatable bonds is 0. The van der Waals surface area contributed by atoms with Gasteiger partial charge in [-0.3, -0.25) is 0 Å². The molecule has 2 heteroatoms. The Hall–Kier alpha value is -0.760. The molecule has 0 spiro atoms. The normalized spacial score (nSPS) is 30.4. The molecule has 10 heavy (non-hydrogen) atoms.